The van der Waals surface area contributed by atoms with Crippen molar-refractivity contribution in [1.82, 2.24) is 4.90 Å². The van der Waals surface area contributed by atoms with Gasteiger partial charge < -0.3 is 9.64 Å². The fourth-order valence-corrected chi connectivity index (χ4v) is 4.78. The zero-order valence-electron chi connectivity index (χ0n) is 19.6. The lowest BCUT2D eigenvalue weighted by atomic mass is 10.0. The number of amides is 2. The van der Waals surface area contributed by atoms with Crippen LogP contribution in [0.15, 0.2) is 78.9 Å². The number of ketones is 1. The molecule has 2 heterocycles. The lowest BCUT2D eigenvalue weighted by Gasteiger charge is -2.38. The van der Waals surface area contributed by atoms with Crippen LogP contribution in [0, 0.1) is 0 Å². The minimum Gasteiger partial charge on any atom is -0.497 e. The molecule has 0 spiro atoms. The van der Waals surface area contributed by atoms with Gasteiger partial charge in [0.2, 0.25) is 5.91 Å². The van der Waals surface area contributed by atoms with E-state index in [2.05, 4.69) is 9.80 Å². The molecule has 3 aromatic carbocycles. The highest BCUT2D eigenvalue weighted by Gasteiger charge is 2.43. The molecule has 2 fully saturated rings. The van der Waals surface area contributed by atoms with E-state index < -0.39 is 6.04 Å². The highest BCUT2D eigenvalue weighted by Crippen LogP contribution is 2.28. The maximum absolute atomic E-state index is 13.1. The van der Waals surface area contributed by atoms with E-state index in [0.29, 0.717) is 35.7 Å². The molecule has 1 atom stereocenters. The zero-order valence-corrected chi connectivity index (χ0v) is 19.6. The Morgan fingerprint density at radius 2 is 1.37 bits per heavy atom. The molecule has 178 valence electrons. The van der Waals surface area contributed by atoms with Crippen molar-refractivity contribution < 1.29 is 19.1 Å². The molecule has 2 amide bonds. The molecule has 2 aliphatic rings. The van der Waals surface area contributed by atoms with Crippen LogP contribution in [0.3, 0.4) is 0 Å². The molecule has 5 rings (SSSR count). The van der Waals surface area contributed by atoms with Gasteiger partial charge in [-0.15, -0.1) is 0 Å². The van der Waals surface area contributed by atoms with Crippen LogP contribution in [-0.4, -0.2) is 61.8 Å². The van der Waals surface area contributed by atoms with Gasteiger partial charge in [0.1, 0.15) is 5.75 Å². The van der Waals surface area contributed by atoms with E-state index in [9.17, 15) is 14.4 Å². The molecule has 0 bridgehead atoms. The van der Waals surface area contributed by atoms with E-state index >= 15 is 0 Å². The lowest BCUT2D eigenvalue weighted by Crippen LogP contribution is -2.52. The number of rotatable bonds is 6. The Morgan fingerprint density at radius 1 is 0.771 bits per heavy atom. The SMILES string of the molecule is COc1ccc(N2C(=O)CC(N3CCN(c4ccc(C(=O)c5ccccc5)cc4)CC3)C2=O)cc1. The van der Waals surface area contributed by atoms with Crippen LogP contribution in [0.1, 0.15) is 22.3 Å². The van der Waals surface area contributed by atoms with E-state index in [4.69, 9.17) is 4.74 Å². The number of imide groups is 1. The average Bonchev–Trinajstić information content (AvgIpc) is 3.22. The average molecular weight is 470 g/mol. The second kappa shape index (κ2) is 9.72. The van der Waals surface area contributed by atoms with Crippen molar-refractivity contribution in [1.29, 1.82) is 0 Å². The summed E-state index contributed by atoms with van der Waals surface area (Å²) in [4.78, 5) is 44.1. The second-order valence-corrected chi connectivity index (χ2v) is 8.75. The number of piperazine rings is 1. The summed E-state index contributed by atoms with van der Waals surface area (Å²) in [7, 11) is 1.58. The number of carbonyl (C=O) groups excluding carboxylic acids is 3. The van der Waals surface area contributed by atoms with Crippen LogP contribution < -0.4 is 14.5 Å². The number of hydrogen-bond donors (Lipinski definition) is 0. The predicted molar refractivity (Wildman–Crippen MR) is 134 cm³/mol. The first-order valence-corrected chi connectivity index (χ1v) is 11.7. The van der Waals surface area contributed by atoms with Crippen molar-refractivity contribution in [2.45, 2.75) is 12.5 Å². The maximum Gasteiger partial charge on any atom is 0.251 e. The van der Waals surface area contributed by atoms with Crippen molar-refractivity contribution in [3.8, 4) is 5.75 Å². The number of benzene rings is 3. The summed E-state index contributed by atoms with van der Waals surface area (Å²) in [5, 5.41) is 0. The van der Waals surface area contributed by atoms with Crippen LogP contribution >= 0.6 is 0 Å². The Morgan fingerprint density at radius 3 is 2.00 bits per heavy atom. The first-order valence-electron chi connectivity index (χ1n) is 11.7. The van der Waals surface area contributed by atoms with Crippen LogP contribution in [0.4, 0.5) is 11.4 Å². The zero-order chi connectivity index (χ0) is 24.4. The smallest absolute Gasteiger partial charge is 0.251 e. The van der Waals surface area contributed by atoms with Crippen LogP contribution in [0.25, 0.3) is 0 Å². The Balaban J connectivity index is 1.20. The van der Waals surface area contributed by atoms with Gasteiger partial charge in [0.05, 0.1) is 25.3 Å². The number of methoxy groups -OCH3 is 1. The highest BCUT2D eigenvalue weighted by atomic mass is 16.5. The molecule has 7 nitrogen and oxygen atoms in total. The molecule has 3 aromatic rings. The van der Waals surface area contributed by atoms with Gasteiger partial charge in [-0.3, -0.25) is 19.3 Å². The number of hydrogen-bond acceptors (Lipinski definition) is 6. The summed E-state index contributed by atoms with van der Waals surface area (Å²) >= 11 is 0. The summed E-state index contributed by atoms with van der Waals surface area (Å²) in [6.07, 6.45) is 0.196. The minimum absolute atomic E-state index is 0.00722. The Bertz CT molecular complexity index is 1220. The summed E-state index contributed by atoms with van der Waals surface area (Å²) in [6.45, 7) is 2.86. The number of nitrogens with zero attached hydrogens (tertiary/aromatic N) is 3. The van der Waals surface area contributed by atoms with Gasteiger partial charge in [-0.05, 0) is 48.5 Å². The Labute approximate surface area is 204 Å². The van der Waals surface area contributed by atoms with E-state index in [-0.39, 0.29) is 24.0 Å². The van der Waals surface area contributed by atoms with Crippen LogP contribution in [0.2, 0.25) is 0 Å². The van der Waals surface area contributed by atoms with Crippen molar-refractivity contribution in [3.63, 3.8) is 0 Å². The third kappa shape index (κ3) is 4.55. The molecule has 0 N–H and O–H groups in total. The standard InChI is InChI=1S/C28H27N3O4/c1-35-24-13-11-23(12-14-24)31-26(32)19-25(28(31)34)30-17-15-29(16-18-30)22-9-7-21(8-10-22)27(33)20-5-3-2-4-6-20/h2-14,25H,15-19H2,1H3. The molecule has 0 aliphatic carbocycles. The lowest BCUT2D eigenvalue weighted by molar-refractivity contribution is -0.123. The summed E-state index contributed by atoms with van der Waals surface area (Å²) in [5.41, 5.74) is 2.95. The molecule has 0 saturated carbocycles. The van der Waals surface area contributed by atoms with Gasteiger partial charge in [-0.2, -0.15) is 0 Å². The van der Waals surface area contributed by atoms with Gasteiger partial charge in [0.25, 0.3) is 5.91 Å². The van der Waals surface area contributed by atoms with Gasteiger partial charge in [-0.25, -0.2) is 4.90 Å². The molecule has 0 radical (unpaired) electrons. The second-order valence-electron chi connectivity index (χ2n) is 8.75. The Kier molecular flexibility index (Phi) is 6.33. The molecular formula is C28H27N3O4. The topological polar surface area (TPSA) is 70.2 Å². The Hall–Kier alpha value is -3.97. The van der Waals surface area contributed by atoms with Crippen molar-refractivity contribution in [3.05, 3.63) is 90.0 Å². The fourth-order valence-electron chi connectivity index (χ4n) is 4.78. The molecule has 7 heteroatoms. The van der Waals surface area contributed by atoms with Gasteiger partial charge >= 0.3 is 0 Å². The third-order valence-corrected chi connectivity index (χ3v) is 6.74. The molecule has 35 heavy (non-hydrogen) atoms. The van der Waals surface area contributed by atoms with Gasteiger partial charge in [-0.1, -0.05) is 30.3 Å². The predicted octanol–water partition coefficient (Wildman–Crippen LogP) is 3.38. The van der Waals surface area contributed by atoms with E-state index in [0.717, 1.165) is 18.8 Å². The van der Waals surface area contributed by atoms with Crippen LogP contribution in [0.5, 0.6) is 5.75 Å². The number of ether oxygens (including phenoxy) is 1. The minimum atomic E-state index is -0.433. The van der Waals surface area contributed by atoms with E-state index in [1.54, 1.807) is 31.4 Å². The monoisotopic (exact) mass is 469 g/mol. The van der Waals surface area contributed by atoms with E-state index in [1.165, 1.54) is 4.90 Å². The molecule has 1 unspecified atom stereocenters. The largest absolute Gasteiger partial charge is 0.497 e. The maximum atomic E-state index is 13.1. The molecular weight excluding hydrogens is 442 g/mol. The molecule has 2 saturated heterocycles. The molecule has 2 aliphatic heterocycles. The van der Waals surface area contributed by atoms with Crippen molar-refractivity contribution in [2.75, 3.05) is 43.1 Å². The quantitative estimate of drug-likeness (QED) is 0.407. The van der Waals surface area contributed by atoms with Gasteiger partial charge in [0.15, 0.2) is 5.78 Å². The summed E-state index contributed by atoms with van der Waals surface area (Å²) in [6, 6.07) is 23.5. The normalized spacial score (nSPS) is 18.7. The summed E-state index contributed by atoms with van der Waals surface area (Å²) < 4.78 is 5.17. The fraction of sp³-hybridized carbons (Fsp3) is 0.250. The number of carbonyl (C=O) groups is 3. The van der Waals surface area contributed by atoms with Gasteiger partial charge in [0, 0.05) is 43.0 Å². The highest BCUT2D eigenvalue weighted by molar-refractivity contribution is 6.22. The first-order chi connectivity index (χ1) is 17.0. The number of anilines is 2. The summed E-state index contributed by atoms with van der Waals surface area (Å²) in [5.74, 6) is 0.342. The van der Waals surface area contributed by atoms with Crippen LogP contribution in [-0.2, 0) is 9.59 Å². The van der Waals surface area contributed by atoms with Crippen molar-refractivity contribution in [2.24, 2.45) is 0 Å². The van der Waals surface area contributed by atoms with E-state index in [1.807, 2.05) is 54.6 Å². The third-order valence-electron chi connectivity index (χ3n) is 6.74. The van der Waals surface area contributed by atoms with Crippen molar-refractivity contribution >= 4 is 29.0 Å². The molecule has 0 aromatic heterocycles. The first kappa shape index (κ1) is 22.8.